The lowest BCUT2D eigenvalue weighted by Gasteiger charge is -2.48. The molecule has 0 aliphatic carbocycles. The molecule has 0 spiro atoms. The average molecular weight is 249 g/mol. The van der Waals surface area contributed by atoms with Gasteiger partial charge in [-0.2, -0.15) is 5.06 Å². The topological polar surface area (TPSA) is 38.8 Å². The number of esters is 1. The van der Waals surface area contributed by atoms with Gasteiger partial charge in [-0.3, -0.25) is 0 Å². The van der Waals surface area contributed by atoms with Crippen molar-refractivity contribution in [2.75, 3.05) is 20.8 Å². The number of nitrogens with zero attached hydrogens (tertiary/aromatic N) is 1. The average Bonchev–Trinajstić information content (AvgIpc) is 2.34. The molecule has 1 atom stereocenters. The molecule has 4 heteroatoms. The van der Waals surface area contributed by atoms with E-state index in [-0.39, 0.29) is 5.97 Å². The SMILES string of the molecule is COC(=O)C1(Cc2cccc(C)c2)CCN1OC. The van der Waals surface area contributed by atoms with Gasteiger partial charge in [-0.25, -0.2) is 4.79 Å². The fourth-order valence-electron chi connectivity index (χ4n) is 2.54. The van der Waals surface area contributed by atoms with Gasteiger partial charge in [0.25, 0.3) is 0 Å². The molecule has 0 bridgehead atoms. The van der Waals surface area contributed by atoms with Gasteiger partial charge in [0, 0.05) is 13.0 Å². The van der Waals surface area contributed by atoms with Crippen molar-refractivity contribution in [3.63, 3.8) is 0 Å². The van der Waals surface area contributed by atoms with Gasteiger partial charge in [0.2, 0.25) is 0 Å². The molecule has 2 rings (SSSR count). The highest BCUT2D eigenvalue weighted by molar-refractivity contribution is 5.82. The van der Waals surface area contributed by atoms with Crippen molar-refractivity contribution in [2.24, 2.45) is 0 Å². The summed E-state index contributed by atoms with van der Waals surface area (Å²) in [6, 6.07) is 8.18. The Bertz CT molecular complexity index is 444. The lowest BCUT2D eigenvalue weighted by atomic mass is 9.81. The largest absolute Gasteiger partial charge is 0.468 e. The van der Waals surface area contributed by atoms with E-state index in [1.165, 1.54) is 12.7 Å². The van der Waals surface area contributed by atoms with Gasteiger partial charge in [-0.05, 0) is 18.9 Å². The lowest BCUT2D eigenvalue weighted by Crippen LogP contribution is -2.65. The molecule has 1 unspecified atom stereocenters. The van der Waals surface area contributed by atoms with Crippen molar-refractivity contribution in [2.45, 2.75) is 25.3 Å². The van der Waals surface area contributed by atoms with Crippen LogP contribution < -0.4 is 0 Å². The summed E-state index contributed by atoms with van der Waals surface area (Å²) in [5.74, 6) is -0.225. The first-order chi connectivity index (χ1) is 8.62. The Morgan fingerprint density at radius 1 is 1.44 bits per heavy atom. The van der Waals surface area contributed by atoms with E-state index in [9.17, 15) is 4.79 Å². The molecule has 1 aliphatic rings. The van der Waals surface area contributed by atoms with Gasteiger partial charge in [-0.15, -0.1) is 0 Å². The van der Waals surface area contributed by atoms with E-state index in [2.05, 4.69) is 6.07 Å². The van der Waals surface area contributed by atoms with Crippen LogP contribution in [0.1, 0.15) is 17.5 Å². The molecule has 1 heterocycles. The molecule has 0 saturated carbocycles. The molecular weight excluding hydrogens is 230 g/mol. The molecule has 1 aromatic carbocycles. The van der Waals surface area contributed by atoms with Gasteiger partial charge in [0.05, 0.1) is 14.2 Å². The highest BCUT2D eigenvalue weighted by Gasteiger charge is 2.53. The van der Waals surface area contributed by atoms with E-state index in [1.807, 2.05) is 25.1 Å². The van der Waals surface area contributed by atoms with Crippen molar-refractivity contribution in [3.05, 3.63) is 35.4 Å². The van der Waals surface area contributed by atoms with Crippen LogP contribution in [0, 0.1) is 6.92 Å². The first-order valence-corrected chi connectivity index (χ1v) is 6.08. The number of methoxy groups -OCH3 is 1. The van der Waals surface area contributed by atoms with Crippen molar-refractivity contribution in [1.29, 1.82) is 0 Å². The maximum absolute atomic E-state index is 12.0. The molecule has 1 saturated heterocycles. The van der Waals surface area contributed by atoms with Gasteiger partial charge in [-0.1, -0.05) is 29.8 Å². The summed E-state index contributed by atoms with van der Waals surface area (Å²) in [7, 11) is 3.01. The summed E-state index contributed by atoms with van der Waals surface area (Å²) in [6.45, 7) is 2.81. The second kappa shape index (κ2) is 5.08. The van der Waals surface area contributed by atoms with Crippen LogP contribution in [-0.2, 0) is 20.8 Å². The van der Waals surface area contributed by atoms with E-state index in [0.717, 1.165) is 18.5 Å². The normalized spacial score (nSPS) is 23.5. The van der Waals surface area contributed by atoms with Crippen molar-refractivity contribution < 1.29 is 14.4 Å². The molecule has 18 heavy (non-hydrogen) atoms. The zero-order chi connectivity index (χ0) is 13.2. The van der Waals surface area contributed by atoms with Crippen molar-refractivity contribution >= 4 is 5.97 Å². The minimum atomic E-state index is -0.655. The molecule has 1 aliphatic heterocycles. The summed E-state index contributed by atoms with van der Waals surface area (Å²) in [6.07, 6.45) is 1.39. The number of rotatable bonds is 4. The fraction of sp³-hybridized carbons (Fsp3) is 0.500. The Morgan fingerprint density at radius 3 is 2.72 bits per heavy atom. The van der Waals surface area contributed by atoms with E-state index in [1.54, 1.807) is 12.2 Å². The smallest absolute Gasteiger partial charge is 0.329 e. The molecule has 0 N–H and O–H groups in total. The van der Waals surface area contributed by atoms with Crippen LogP contribution in [0.2, 0.25) is 0 Å². The first-order valence-electron chi connectivity index (χ1n) is 6.08. The standard InChI is InChI=1S/C14H19NO3/c1-11-5-4-6-12(9-11)10-14(13(16)17-2)7-8-15(14)18-3/h4-6,9H,7-8,10H2,1-3H3. The number of carbonyl (C=O) groups is 1. The van der Waals surface area contributed by atoms with Gasteiger partial charge in [0.1, 0.15) is 5.54 Å². The van der Waals surface area contributed by atoms with Crippen molar-refractivity contribution in [1.82, 2.24) is 5.06 Å². The second-order valence-corrected chi connectivity index (χ2v) is 4.72. The zero-order valence-electron chi connectivity index (χ0n) is 11.1. The monoisotopic (exact) mass is 249 g/mol. The van der Waals surface area contributed by atoms with Crippen LogP contribution in [-0.4, -0.2) is 37.3 Å². The maximum atomic E-state index is 12.0. The highest BCUT2D eigenvalue weighted by Crippen LogP contribution is 2.35. The first kappa shape index (κ1) is 13.1. The van der Waals surface area contributed by atoms with Crippen LogP contribution >= 0.6 is 0 Å². The highest BCUT2D eigenvalue weighted by atomic mass is 16.7. The Hall–Kier alpha value is -1.39. The third-order valence-corrected chi connectivity index (χ3v) is 3.57. The third-order valence-electron chi connectivity index (χ3n) is 3.57. The molecule has 0 aromatic heterocycles. The minimum absolute atomic E-state index is 0.225. The Balaban J connectivity index is 2.24. The predicted octanol–water partition coefficient (Wildman–Crippen LogP) is 1.72. The predicted molar refractivity (Wildman–Crippen MR) is 68.0 cm³/mol. The van der Waals surface area contributed by atoms with Crippen LogP contribution in [0.15, 0.2) is 24.3 Å². The molecule has 98 valence electrons. The molecular formula is C14H19NO3. The molecule has 0 radical (unpaired) electrons. The maximum Gasteiger partial charge on any atom is 0.329 e. The number of ether oxygens (including phenoxy) is 1. The number of benzene rings is 1. The lowest BCUT2D eigenvalue weighted by molar-refractivity contribution is -0.260. The quantitative estimate of drug-likeness (QED) is 0.762. The molecule has 0 amide bonds. The number of carbonyl (C=O) groups excluding carboxylic acids is 1. The molecule has 1 aromatic rings. The summed E-state index contributed by atoms with van der Waals surface area (Å²) >= 11 is 0. The van der Waals surface area contributed by atoms with Crippen LogP contribution in [0.5, 0.6) is 0 Å². The number of aryl methyl sites for hydroxylation is 1. The Labute approximate surface area is 107 Å². The number of hydrogen-bond acceptors (Lipinski definition) is 4. The zero-order valence-corrected chi connectivity index (χ0v) is 11.1. The number of hydroxylamine groups is 2. The summed E-state index contributed by atoms with van der Waals surface area (Å²) in [5.41, 5.74) is 1.66. The second-order valence-electron chi connectivity index (χ2n) is 4.72. The summed E-state index contributed by atoms with van der Waals surface area (Å²) < 4.78 is 4.93. The summed E-state index contributed by atoms with van der Waals surface area (Å²) in [5, 5.41) is 1.71. The summed E-state index contributed by atoms with van der Waals surface area (Å²) in [4.78, 5) is 17.3. The third kappa shape index (κ3) is 2.13. The molecule has 4 nitrogen and oxygen atoms in total. The van der Waals surface area contributed by atoms with E-state index >= 15 is 0 Å². The van der Waals surface area contributed by atoms with Gasteiger partial charge < -0.3 is 9.57 Å². The van der Waals surface area contributed by atoms with E-state index in [4.69, 9.17) is 9.57 Å². The fourth-order valence-corrected chi connectivity index (χ4v) is 2.54. The van der Waals surface area contributed by atoms with E-state index in [0.29, 0.717) is 6.42 Å². The Kier molecular flexibility index (Phi) is 3.68. The van der Waals surface area contributed by atoms with E-state index < -0.39 is 5.54 Å². The minimum Gasteiger partial charge on any atom is -0.468 e. The van der Waals surface area contributed by atoms with Gasteiger partial charge in [0.15, 0.2) is 0 Å². The Morgan fingerprint density at radius 2 is 2.22 bits per heavy atom. The van der Waals surface area contributed by atoms with Gasteiger partial charge >= 0.3 is 5.97 Å². The van der Waals surface area contributed by atoms with Crippen molar-refractivity contribution in [3.8, 4) is 0 Å². The van der Waals surface area contributed by atoms with Crippen LogP contribution in [0.25, 0.3) is 0 Å². The van der Waals surface area contributed by atoms with Crippen LogP contribution in [0.3, 0.4) is 0 Å². The van der Waals surface area contributed by atoms with Crippen LogP contribution in [0.4, 0.5) is 0 Å². The molecule has 1 fully saturated rings. The number of hydrogen-bond donors (Lipinski definition) is 0.